The van der Waals surface area contributed by atoms with Crippen LogP contribution < -0.4 is 0 Å². The summed E-state index contributed by atoms with van der Waals surface area (Å²) in [6.45, 7) is 9.18. The molecule has 0 heteroatoms. The number of hydrogen-bond acceptors (Lipinski definition) is 0. The molecule has 0 aliphatic heterocycles. The zero-order valence-electron chi connectivity index (χ0n) is 16.1. The molecule has 0 aliphatic carbocycles. The van der Waals surface area contributed by atoms with E-state index in [0.29, 0.717) is 5.92 Å². The molecule has 2 rings (SSSR count). The van der Waals surface area contributed by atoms with Crippen LogP contribution in [-0.4, -0.2) is 0 Å². The standard InChI is InChI=1S/C24H34/c1-5-11-19(12-6-2)23-17-21-15-9-10-16-22(21)18-24(23)20(13-7-3)14-8-4/h9-11,15-18,20H,5-8,12-14H2,1-4H3/b19-11-. The van der Waals surface area contributed by atoms with Gasteiger partial charge in [-0.25, -0.2) is 0 Å². The lowest BCUT2D eigenvalue weighted by Crippen LogP contribution is -2.03. The van der Waals surface area contributed by atoms with E-state index in [1.54, 1.807) is 11.1 Å². The molecule has 0 amide bonds. The van der Waals surface area contributed by atoms with Crippen LogP contribution in [0, 0.1) is 0 Å². The van der Waals surface area contributed by atoms with Crippen molar-refractivity contribution in [1.82, 2.24) is 0 Å². The lowest BCUT2D eigenvalue weighted by molar-refractivity contribution is 0.560. The summed E-state index contributed by atoms with van der Waals surface area (Å²) in [6, 6.07) is 13.8. The third kappa shape index (κ3) is 4.50. The van der Waals surface area contributed by atoms with Gasteiger partial charge in [-0.3, -0.25) is 0 Å². The molecular formula is C24H34. The zero-order valence-corrected chi connectivity index (χ0v) is 16.1. The van der Waals surface area contributed by atoms with E-state index >= 15 is 0 Å². The first-order chi connectivity index (χ1) is 11.7. The van der Waals surface area contributed by atoms with E-state index in [2.05, 4.69) is 70.2 Å². The minimum absolute atomic E-state index is 0.691. The van der Waals surface area contributed by atoms with Crippen LogP contribution in [0.25, 0.3) is 16.3 Å². The van der Waals surface area contributed by atoms with Gasteiger partial charge in [0.05, 0.1) is 0 Å². The molecule has 0 aromatic heterocycles. The Morgan fingerprint density at radius 3 is 2.04 bits per heavy atom. The van der Waals surface area contributed by atoms with Crippen LogP contribution in [0.1, 0.15) is 89.7 Å². The highest BCUT2D eigenvalue weighted by atomic mass is 14.2. The average molecular weight is 323 g/mol. The first-order valence-electron chi connectivity index (χ1n) is 9.97. The maximum Gasteiger partial charge on any atom is -0.0156 e. The molecule has 0 unspecified atom stereocenters. The molecule has 0 bridgehead atoms. The quantitative estimate of drug-likeness (QED) is 0.437. The zero-order chi connectivity index (χ0) is 17.4. The minimum Gasteiger partial charge on any atom is -0.0810 e. The topological polar surface area (TPSA) is 0 Å². The first-order valence-corrected chi connectivity index (χ1v) is 9.97. The van der Waals surface area contributed by atoms with Crippen molar-refractivity contribution in [3.63, 3.8) is 0 Å². The van der Waals surface area contributed by atoms with Crippen molar-refractivity contribution in [3.8, 4) is 0 Å². The predicted molar refractivity (Wildman–Crippen MR) is 110 cm³/mol. The molecule has 0 spiro atoms. The number of rotatable bonds is 9. The first kappa shape index (κ1) is 18.8. The van der Waals surface area contributed by atoms with Crippen molar-refractivity contribution in [3.05, 3.63) is 53.6 Å². The van der Waals surface area contributed by atoms with Crippen molar-refractivity contribution in [2.24, 2.45) is 0 Å². The molecule has 2 aromatic rings. The van der Waals surface area contributed by atoms with Crippen molar-refractivity contribution in [2.45, 2.75) is 78.6 Å². The Hall–Kier alpha value is -1.56. The van der Waals surface area contributed by atoms with Crippen LogP contribution in [0.5, 0.6) is 0 Å². The fourth-order valence-corrected chi connectivity index (χ4v) is 3.89. The summed E-state index contributed by atoms with van der Waals surface area (Å²) < 4.78 is 0. The van der Waals surface area contributed by atoms with Gasteiger partial charge in [0.25, 0.3) is 0 Å². The molecule has 2 aromatic carbocycles. The van der Waals surface area contributed by atoms with E-state index in [1.807, 2.05) is 0 Å². The summed E-state index contributed by atoms with van der Waals surface area (Å²) in [5.41, 5.74) is 4.66. The Bertz CT molecular complexity index is 657. The van der Waals surface area contributed by atoms with Crippen molar-refractivity contribution in [1.29, 1.82) is 0 Å². The van der Waals surface area contributed by atoms with Gasteiger partial charge in [-0.2, -0.15) is 0 Å². The van der Waals surface area contributed by atoms with E-state index in [4.69, 9.17) is 0 Å². The molecule has 130 valence electrons. The van der Waals surface area contributed by atoms with Gasteiger partial charge in [-0.1, -0.05) is 83.4 Å². The highest BCUT2D eigenvalue weighted by molar-refractivity contribution is 5.88. The molecule has 0 atom stereocenters. The highest BCUT2D eigenvalue weighted by Crippen LogP contribution is 2.37. The lowest BCUT2D eigenvalue weighted by atomic mass is 9.82. The molecule has 0 saturated heterocycles. The number of benzene rings is 2. The molecule has 0 fully saturated rings. The predicted octanol–water partition coefficient (Wildman–Crippen LogP) is 8.12. The second kappa shape index (κ2) is 9.67. The second-order valence-corrected chi connectivity index (χ2v) is 6.95. The summed E-state index contributed by atoms with van der Waals surface area (Å²) in [6.07, 6.45) is 11.1. The maximum atomic E-state index is 2.49. The summed E-state index contributed by atoms with van der Waals surface area (Å²) in [5.74, 6) is 0.691. The van der Waals surface area contributed by atoms with Crippen molar-refractivity contribution >= 4 is 16.3 Å². The van der Waals surface area contributed by atoms with E-state index < -0.39 is 0 Å². The Kier molecular flexibility index (Phi) is 7.56. The molecular weight excluding hydrogens is 288 g/mol. The molecule has 24 heavy (non-hydrogen) atoms. The third-order valence-corrected chi connectivity index (χ3v) is 4.95. The van der Waals surface area contributed by atoms with Gasteiger partial charge in [0.15, 0.2) is 0 Å². The Balaban J connectivity index is 2.63. The minimum atomic E-state index is 0.691. The van der Waals surface area contributed by atoms with Gasteiger partial charge in [0.1, 0.15) is 0 Å². The number of hydrogen-bond donors (Lipinski definition) is 0. The average Bonchev–Trinajstić information content (AvgIpc) is 2.60. The fourth-order valence-electron chi connectivity index (χ4n) is 3.89. The van der Waals surface area contributed by atoms with Crippen LogP contribution in [0.3, 0.4) is 0 Å². The normalized spacial score (nSPS) is 12.3. The van der Waals surface area contributed by atoms with E-state index in [0.717, 1.165) is 6.42 Å². The summed E-state index contributed by atoms with van der Waals surface area (Å²) >= 11 is 0. The van der Waals surface area contributed by atoms with Crippen LogP contribution in [0.4, 0.5) is 0 Å². The fraction of sp³-hybridized carbons (Fsp3) is 0.500. The molecule has 0 N–H and O–H groups in total. The van der Waals surface area contributed by atoms with E-state index in [1.165, 1.54) is 54.9 Å². The SMILES string of the molecule is CC/C=C(/CCC)c1cc2ccccc2cc1C(CCC)CCC. The summed E-state index contributed by atoms with van der Waals surface area (Å²) in [4.78, 5) is 0. The Morgan fingerprint density at radius 1 is 0.875 bits per heavy atom. The monoisotopic (exact) mass is 322 g/mol. The molecule has 0 saturated carbocycles. The smallest absolute Gasteiger partial charge is 0.0156 e. The van der Waals surface area contributed by atoms with Gasteiger partial charge in [0, 0.05) is 0 Å². The van der Waals surface area contributed by atoms with Gasteiger partial charge in [0.2, 0.25) is 0 Å². The van der Waals surface area contributed by atoms with Crippen LogP contribution >= 0.6 is 0 Å². The van der Waals surface area contributed by atoms with Gasteiger partial charge >= 0.3 is 0 Å². The van der Waals surface area contributed by atoms with Gasteiger partial charge in [-0.05, 0) is 65.1 Å². The summed E-state index contributed by atoms with van der Waals surface area (Å²) in [7, 11) is 0. The largest absolute Gasteiger partial charge is 0.0810 e. The van der Waals surface area contributed by atoms with Crippen molar-refractivity contribution < 1.29 is 0 Å². The highest BCUT2D eigenvalue weighted by Gasteiger charge is 2.17. The number of fused-ring (bicyclic) bond motifs is 1. The Labute approximate surface area is 149 Å². The maximum absolute atomic E-state index is 2.49. The second-order valence-electron chi connectivity index (χ2n) is 6.95. The van der Waals surface area contributed by atoms with Gasteiger partial charge < -0.3 is 0 Å². The third-order valence-electron chi connectivity index (χ3n) is 4.95. The summed E-state index contributed by atoms with van der Waals surface area (Å²) in [5, 5.41) is 2.77. The van der Waals surface area contributed by atoms with E-state index in [9.17, 15) is 0 Å². The van der Waals surface area contributed by atoms with Crippen molar-refractivity contribution in [2.75, 3.05) is 0 Å². The molecule has 0 aliphatic rings. The molecule has 0 radical (unpaired) electrons. The molecule has 0 nitrogen and oxygen atoms in total. The van der Waals surface area contributed by atoms with Crippen LogP contribution in [0.15, 0.2) is 42.5 Å². The van der Waals surface area contributed by atoms with Gasteiger partial charge in [-0.15, -0.1) is 0 Å². The van der Waals surface area contributed by atoms with Crippen LogP contribution in [0.2, 0.25) is 0 Å². The number of allylic oxidation sites excluding steroid dienone is 2. The molecule has 0 heterocycles. The van der Waals surface area contributed by atoms with E-state index in [-0.39, 0.29) is 0 Å². The van der Waals surface area contributed by atoms with Crippen LogP contribution in [-0.2, 0) is 0 Å². The lowest BCUT2D eigenvalue weighted by Gasteiger charge is -2.22. The Morgan fingerprint density at radius 2 is 1.50 bits per heavy atom.